The quantitative estimate of drug-likeness (QED) is 0.359. The van der Waals surface area contributed by atoms with Gasteiger partial charge in [-0.2, -0.15) is 4.80 Å². The van der Waals surface area contributed by atoms with Gasteiger partial charge in [-0.3, -0.25) is 9.59 Å². The largest absolute Gasteiger partial charge is 0.481 e. The number of carboxylic acid groups (broad SMARTS) is 1. The van der Waals surface area contributed by atoms with Gasteiger partial charge in [0.1, 0.15) is 6.04 Å². The molecule has 2 heterocycles. The number of ether oxygens (including phenoxy) is 2. The number of carbonyl (C=O) groups excluding carboxylic acids is 1. The van der Waals surface area contributed by atoms with Crippen molar-refractivity contribution in [1.82, 2.24) is 20.2 Å². The Morgan fingerprint density at radius 2 is 1.85 bits per heavy atom. The summed E-state index contributed by atoms with van der Waals surface area (Å²) in [5.41, 5.74) is 4.52. The Morgan fingerprint density at radius 1 is 1.15 bits per heavy atom. The van der Waals surface area contributed by atoms with Gasteiger partial charge in [-0.15, -0.1) is 10.2 Å². The number of nitrogens with two attached hydrogens (primary N) is 1. The van der Waals surface area contributed by atoms with Gasteiger partial charge in [-0.25, -0.2) is 0 Å². The van der Waals surface area contributed by atoms with Crippen molar-refractivity contribution in [3.05, 3.63) is 18.0 Å². The Morgan fingerprint density at radius 3 is 2.45 bits per heavy atom. The fourth-order valence-corrected chi connectivity index (χ4v) is 11.7. The maximum absolute atomic E-state index is 14.9. The zero-order valence-electron chi connectivity index (χ0n) is 30.4. The number of aromatic nitrogens is 4. The number of carboxylic acids is 1. The smallest absolute Gasteiger partial charge is 0.308 e. The molecule has 1 aromatic rings. The lowest BCUT2D eigenvalue weighted by molar-refractivity contribution is -0.252. The fraction of sp³-hybridized carbons (Fsp3) is 0.865. The summed E-state index contributed by atoms with van der Waals surface area (Å²) >= 11 is 0. The first kappa shape index (κ1) is 34.7. The van der Waals surface area contributed by atoms with E-state index < -0.39 is 39.1 Å². The van der Waals surface area contributed by atoms with Crippen molar-refractivity contribution in [3.63, 3.8) is 0 Å². The highest BCUT2D eigenvalue weighted by Crippen LogP contribution is 2.74. The van der Waals surface area contributed by atoms with E-state index in [1.165, 1.54) is 6.33 Å². The summed E-state index contributed by atoms with van der Waals surface area (Å²) in [6.45, 7) is 22.9. The molecule has 3 N–H and O–H groups in total. The number of carbonyl (C=O) groups is 2. The second-order valence-corrected chi connectivity index (χ2v) is 18.2. The molecule has 4 aliphatic carbocycles. The van der Waals surface area contributed by atoms with Crippen molar-refractivity contribution < 1.29 is 24.2 Å². The first-order chi connectivity index (χ1) is 21.8. The van der Waals surface area contributed by atoms with E-state index in [2.05, 4.69) is 70.8 Å². The summed E-state index contributed by atoms with van der Waals surface area (Å²) in [5.74, 6) is -0.682. The average Bonchev–Trinajstić information content (AvgIpc) is 3.52. The van der Waals surface area contributed by atoms with Crippen molar-refractivity contribution in [3.8, 4) is 0 Å². The minimum atomic E-state index is -1.03. The molecule has 0 radical (unpaired) electrons. The number of allylic oxidation sites excluding steroid dienone is 1. The summed E-state index contributed by atoms with van der Waals surface area (Å²) in [6, 6.07) is -0.227. The van der Waals surface area contributed by atoms with Gasteiger partial charge in [0.25, 0.3) is 0 Å². The van der Waals surface area contributed by atoms with Gasteiger partial charge in [-0.05, 0) is 90.7 Å². The van der Waals surface area contributed by atoms with Crippen molar-refractivity contribution >= 4 is 11.8 Å². The van der Waals surface area contributed by atoms with Gasteiger partial charge in [0.2, 0.25) is 0 Å². The highest BCUT2D eigenvalue weighted by atomic mass is 16.5. The molecule has 1 aromatic heterocycles. The van der Waals surface area contributed by atoms with Gasteiger partial charge in [0.15, 0.2) is 12.1 Å². The van der Waals surface area contributed by atoms with E-state index in [-0.39, 0.29) is 47.0 Å². The summed E-state index contributed by atoms with van der Waals surface area (Å²) in [5, 5.41) is 24.0. The van der Waals surface area contributed by atoms with Gasteiger partial charge in [0.05, 0.1) is 31.8 Å². The third kappa shape index (κ3) is 4.62. The molecule has 4 fully saturated rings. The molecular weight excluding hydrogens is 594 g/mol. The van der Waals surface area contributed by atoms with Crippen LogP contribution in [0.1, 0.15) is 107 Å². The molecule has 3 saturated carbocycles. The first-order valence-corrected chi connectivity index (χ1v) is 18.0. The molecule has 12 atom stereocenters. The predicted octanol–water partition coefficient (Wildman–Crippen LogP) is 5.74. The van der Waals surface area contributed by atoms with Crippen LogP contribution in [-0.4, -0.2) is 68.5 Å². The third-order valence-corrected chi connectivity index (χ3v) is 15.5. The molecule has 47 heavy (non-hydrogen) atoms. The second kappa shape index (κ2) is 11.2. The number of fused-ring (bicyclic) bond motifs is 3. The van der Waals surface area contributed by atoms with Crippen molar-refractivity contribution in [1.29, 1.82) is 0 Å². The van der Waals surface area contributed by atoms with Gasteiger partial charge in [-0.1, -0.05) is 67.9 Å². The number of hydrogen-bond donors (Lipinski definition) is 2. The minimum absolute atomic E-state index is 0.0348. The van der Waals surface area contributed by atoms with E-state index in [4.69, 9.17) is 15.2 Å². The van der Waals surface area contributed by atoms with Crippen molar-refractivity contribution in [2.45, 2.75) is 119 Å². The summed E-state index contributed by atoms with van der Waals surface area (Å²) in [4.78, 5) is 30.0. The van der Waals surface area contributed by atoms with Gasteiger partial charge in [0, 0.05) is 21.8 Å². The van der Waals surface area contributed by atoms with E-state index >= 15 is 0 Å². The molecular formula is C37H59N5O5. The van der Waals surface area contributed by atoms with Crippen LogP contribution in [0, 0.1) is 62.6 Å². The highest BCUT2D eigenvalue weighted by molar-refractivity contribution is 6.00. The molecule has 0 amide bonds. The Balaban J connectivity index is 1.47. The molecule has 10 heteroatoms. The van der Waals surface area contributed by atoms with Gasteiger partial charge < -0.3 is 20.3 Å². The van der Waals surface area contributed by atoms with Crippen molar-refractivity contribution in [2.75, 3.05) is 19.8 Å². The lowest BCUT2D eigenvalue weighted by atomic mass is 9.34. The Hall–Kier alpha value is -2.17. The molecule has 1 aliphatic heterocycles. The summed E-state index contributed by atoms with van der Waals surface area (Å²) in [6.07, 6.45) is 7.24. The van der Waals surface area contributed by atoms with Gasteiger partial charge >= 0.3 is 5.97 Å². The van der Waals surface area contributed by atoms with Crippen LogP contribution >= 0.6 is 0 Å². The first-order valence-electron chi connectivity index (χ1n) is 18.0. The second-order valence-electron chi connectivity index (χ2n) is 18.2. The van der Waals surface area contributed by atoms with E-state index in [0.29, 0.717) is 32.2 Å². The van der Waals surface area contributed by atoms with Crippen LogP contribution in [0.3, 0.4) is 0 Å². The maximum atomic E-state index is 14.9. The minimum Gasteiger partial charge on any atom is -0.481 e. The molecule has 262 valence electrons. The van der Waals surface area contributed by atoms with E-state index in [0.717, 1.165) is 31.3 Å². The summed E-state index contributed by atoms with van der Waals surface area (Å²) in [7, 11) is 0. The van der Waals surface area contributed by atoms with Crippen LogP contribution in [-0.2, 0) is 19.1 Å². The van der Waals surface area contributed by atoms with Crippen LogP contribution in [0.15, 0.2) is 18.0 Å². The lowest BCUT2D eigenvalue weighted by Gasteiger charge is -2.70. The standard InChI is InChI=1S/C37H59N5O5/c1-21(2)23(5)32(6)13-14-34(8)24-11-12-27-33(7)17-46-19-37(27,25(24)15-28(43)36(34,10)29(32)31(44)45)16-26(42-40-20-39-41-42)30(33)47-18-35(9,38)22(3)4/h15,20-24,26-27,29-30H,11-14,16-19,38H2,1-10H3,(H,44,45)/t23-,24+,26-,27+,29-,30+,32-,33-,34-,35?,36+,37+/m1/s1. The SMILES string of the molecule is CC(C)[C@@H](C)[C@@]1(C)CC[C@]2(C)[C@H]3CC[C@@H]4[C@@]5(COC[C@@]4(C)[C@@H](OCC(C)(N)C(C)C)[C@H](n4ncnn4)C5)C3=CC(=O)[C@@]2(C)[C@@H]1C(=O)O. The van der Waals surface area contributed by atoms with E-state index in [1.807, 2.05) is 19.9 Å². The van der Waals surface area contributed by atoms with E-state index in [9.17, 15) is 14.7 Å². The maximum Gasteiger partial charge on any atom is 0.308 e. The Kier molecular flexibility index (Phi) is 8.25. The number of rotatable bonds is 8. The zero-order chi connectivity index (χ0) is 34.5. The lowest BCUT2D eigenvalue weighted by Crippen LogP contribution is -2.70. The Labute approximate surface area is 281 Å². The van der Waals surface area contributed by atoms with Crippen LogP contribution in [0.25, 0.3) is 0 Å². The number of aliphatic carboxylic acids is 1. The molecule has 0 spiro atoms. The third-order valence-electron chi connectivity index (χ3n) is 15.5. The molecule has 0 aromatic carbocycles. The number of ketones is 1. The number of hydrogen-bond acceptors (Lipinski definition) is 8. The average molecular weight is 654 g/mol. The normalized spacial score (nSPS) is 45.0. The molecule has 2 bridgehead atoms. The van der Waals surface area contributed by atoms with Crippen LogP contribution < -0.4 is 5.73 Å². The highest BCUT2D eigenvalue weighted by Gasteiger charge is 2.74. The molecule has 6 rings (SSSR count). The zero-order valence-corrected chi connectivity index (χ0v) is 30.4. The van der Waals surface area contributed by atoms with Crippen LogP contribution in [0.4, 0.5) is 0 Å². The summed E-state index contributed by atoms with van der Waals surface area (Å²) < 4.78 is 13.5. The topological polar surface area (TPSA) is 142 Å². The number of tetrazole rings is 1. The van der Waals surface area contributed by atoms with E-state index in [1.54, 1.807) is 4.80 Å². The monoisotopic (exact) mass is 653 g/mol. The molecule has 10 nitrogen and oxygen atoms in total. The van der Waals surface area contributed by atoms with Crippen LogP contribution in [0.5, 0.6) is 0 Å². The number of nitrogens with zero attached hydrogens (tertiary/aromatic N) is 4. The fourth-order valence-electron chi connectivity index (χ4n) is 11.7. The molecule has 5 aliphatic rings. The van der Waals surface area contributed by atoms with Crippen molar-refractivity contribution in [2.24, 2.45) is 68.3 Å². The van der Waals surface area contributed by atoms with Crippen LogP contribution in [0.2, 0.25) is 0 Å². The predicted molar refractivity (Wildman–Crippen MR) is 178 cm³/mol. The molecule has 1 saturated heterocycles. The molecule has 1 unspecified atom stereocenters. The Bertz CT molecular complexity index is 1430.